The van der Waals surface area contributed by atoms with Crippen LogP contribution in [0.2, 0.25) is 0 Å². The second-order valence-corrected chi connectivity index (χ2v) is 3.27. The Morgan fingerprint density at radius 3 is 2.47 bits per heavy atom. The average molecular weight is 214 g/mol. The maximum absolute atomic E-state index is 11.3. The summed E-state index contributed by atoms with van der Waals surface area (Å²) in [7, 11) is 0. The Hall–Kier alpha value is -1.32. The van der Waals surface area contributed by atoms with Crippen LogP contribution in [0.5, 0.6) is 0 Å². The molecule has 0 saturated carbocycles. The number of hydrogen-bond acceptors (Lipinski definition) is 4. The number of ether oxygens (including phenoxy) is 2. The number of rotatable bonds is 6. The molecule has 1 atom stereocenters. The molecule has 4 heteroatoms. The Morgan fingerprint density at radius 1 is 1.40 bits per heavy atom. The summed E-state index contributed by atoms with van der Waals surface area (Å²) < 4.78 is 9.72. The zero-order valence-electron chi connectivity index (χ0n) is 9.54. The van der Waals surface area contributed by atoms with E-state index in [0.717, 1.165) is 12.8 Å². The lowest BCUT2D eigenvalue weighted by atomic mass is 10.2. The van der Waals surface area contributed by atoms with Crippen molar-refractivity contribution in [2.45, 2.75) is 39.7 Å². The fourth-order valence-corrected chi connectivity index (χ4v) is 0.888. The van der Waals surface area contributed by atoms with Crippen LogP contribution in [0.1, 0.15) is 33.6 Å². The highest BCUT2D eigenvalue weighted by molar-refractivity contribution is 5.89. The van der Waals surface area contributed by atoms with Gasteiger partial charge in [-0.05, 0) is 13.3 Å². The van der Waals surface area contributed by atoms with Crippen LogP contribution in [0.15, 0.2) is 12.2 Å². The molecular formula is C11H18O4. The quantitative estimate of drug-likeness (QED) is 0.384. The predicted octanol–water partition coefficient (Wildman–Crippen LogP) is 1.84. The minimum atomic E-state index is -0.628. The van der Waals surface area contributed by atoms with Gasteiger partial charge in [0, 0.05) is 6.92 Å². The summed E-state index contributed by atoms with van der Waals surface area (Å²) in [5.74, 6) is -0.942. The third-order valence-corrected chi connectivity index (χ3v) is 1.83. The van der Waals surface area contributed by atoms with Crippen molar-refractivity contribution in [1.82, 2.24) is 0 Å². The van der Waals surface area contributed by atoms with E-state index in [-0.39, 0.29) is 5.57 Å². The first kappa shape index (κ1) is 13.7. The molecule has 0 aromatic heterocycles. The molecule has 1 unspecified atom stereocenters. The van der Waals surface area contributed by atoms with E-state index >= 15 is 0 Å². The Morgan fingerprint density at radius 2 is 2.00 bits per heavy atom. The van der Waals surface area contributed by atoms with E-state index in [1.165, 1.54) is 6.92 Å². The predicted molar refractivity (Wildman–Crippen MR) is 56.2 cm³/mol. The molecule has 0 saturated heterocycles. The minimum Gasteiger partial charge on any atom is -0.462 e. The monoisotopic (exact) mass is 214 g/mol. The standard InChI is InChI=1S/C11H18O4/c1-5-6-7-14-11(13)8(2)9(3)15-10(4)12/h9H,2,5-7H2,1,3-4H3. The second kappa shape index (κ2) is 7.04. The number of carbonyl (C=O) groups excluding carboxylic acids is 2. The van der Waals surface area contributed by atoms with Crippen molar-refractivity contribution in [1.29, 1.82) is 0 Å². The van der Waals surface area contributed by atoms with E-state index in [1.807, 2.05) is 6.92 Å². The fourth-order valence-electron chi connectivity index (χ4n) is 0.888. The Kier molecular flexibility index (Phi) is 6.42. The molecule has 0 aliphatic heterocycles. The Balaban J connectivity index is 3.97. The lowest BCUT2D eigenvalue weighted by molar-refractivity contribution is -0.146. The topological polar surface area (TPSA) is 52.6 Å². The van der Waals surface area contributed by atoms with Crippen molar-refractivity contribution in [3.8, 4) is 0 Å². The van der Waals surface area contributed by atoms with Gasteiger partial charge in [-0.3, -0.25) is 4.79 Å². The van der Waals surface area contributed by atoms with E-state index in [1.54, 1.807) is 6.92 Å². The highest BCUT2D eigenvalue weighted by Gasteiger charge is 2.18. The summed E-state index contributed by atoms with van der Waals surface area (Å²) in [5, 5.41) is 0. The minimum absolute atomic E-state index is 0.168. The van der Waals surface area contributed by atoms with Gasteiger partial charge in [-0.15, -0.1) is 0 Å². The summed E-state index contributed by atoms with van der Waals surface area (Å²) >= 11 is 0. The third-order valence-electron chi connectivity index (χ3n) is 1.83. The third kappa shape index (κ3) is 5.88. The van der Waals surface area contributed by atoms with Gasteiger partial charge in [0.15, 0.2) is 0 Å². The SMILES string of the molecule is C=C(C(=O)OCCCC)C(C)OC(C)=O. The van der Waals surface area contributed by atoms with Gasteiger partial charge in [-0.2, -0.15) is 0 Å². The summed E-state index contributed by atoms with van der Waals surface area (Å²) in [6.45, 7) is 8.79. The van der Waals surface area contributed by atoms with E-state index in [9.17, 15) is 9.59 Å². The van der Waals surface area contributed by atoms with Crippen LogP contribution >= 0.6 is 0 Å². The molecule has 0 N–H and O–H groups in total. The largest absolute Gasteiger partial charge is 0.462 e. The van der Waals surface area contributed by atoms with Crippen LogP contribution in [0, 0.1) is 0 Å². The molecule has 15 heavy (non-hydrogen) atoms. The first-order chi connectivity index (χ1) is 6.99. The van der Waals surface area contributed by atoms with Gasteiger partial charge < -0.3 is 9.47 Å². The number of unbranched alkanes of at least 4 members (excludes halogenated alkanes) is 1. The van der Waals surface area contributed by atoms with Crippen LogP contribution in [0.4, 0.5) is 0 Å². The van der Waals surface area contributed by atoms with Gasteiger partial charge in [-0.25, -0.2) is 4.79 Å². The summed E-state index contributed by atoms with van der Waals surface area (Å²) in [4.78, 5) is 22.0. The molecule has 0 aromatic rings. The molecule has 86 valence electrons. The van der Waals surface area contributed by atoms with Crippen molar-refractivity contribution < 1.29 is 19.1 Å². The van der Waals surface area contributed by atoms with Crippen molar-refractivity contribution >= 4 is 11.9 Å². The van der Waals surface area contributed by atoms with Gasteiger partial charge in [-0.1, -0.05) is 19.9 Å². The van der Waals surface area contributed by atoms with Crippen molar-refractivity contribution in [2.75, 3.05) is 6.61 Å². The number of hydrogen-bond donors (Lipinski definition) is 0. The molecule has 0 bridgehead atoms. The average Bonchev–Trinajstić information content (AvgIpc) is 2.15. The molecule has 4 nitrogen and oxygen atoms in total. The number of esters is 2. The molecule has 0 rings (SSSR count). The summed E-state index contributed by atoms with van der Waals surface area (Å²) in [6.07, 6.45) is 1.15. The van der Waals surface area contributed by atoms with Crippen LogP contribution in [-0.4, -0.2) is 24.6 Å². The van der Waals surface area contributed by atoms with Gasteiger partial charge in [0.2, 0.25) is 0 Å². The highest BCUT2D eigenvalue weighted by atomic mass is 16.6. The molecule has 0 amide bonds. The molecule has 0 radical (unpaired) electrons. The summed E-state index contributed by atoms with van der Waals surface area (Å²) in [6, 6.07) is 0. The highest BCUT2D eigenvalue weighted by Crippen LogP contribution is 2.07. The van der Waals surface area contributed by atoms with E-state index in [0.29, 0.717) is 6.61 Å². The fraction of sp³-hybridized carbons (Fsp3) is 0.636. The maximum atomic E-state index is 11.3. The van der Waals surface area contributed by atoms with Crippen LogP contribution in [0.25, 0.3) is 0 Å². The van der Waals surface area contributed by atoms with Gasteiger partial charge in [0.05, 0.1) is 12.2 Å². The lowest BCUT2D eigenvalue weighted by Gasteiger charge is -2.13. The lowest BCUT2D eigenvalue weighted by Crippen LogP contribution is -2.21. The van der Waals surface area contributed by atoms with E-state index in [2.05, 4.69) is 6.58 Å². The van der Waals surface area contributed by atoms with Crippen molar-refractivity contribution in [3.63, 3.8) is 0 Å². The first-order valence-electron chi connectivity index (χ1n) is 5.02. The zero-order valence-corrected chi connectivity index (χ0v) is 9.54. The van der Waals surface area contributed by atoms with E-state index in [4.69, 9.17) is 9.47 Å². The van der Waals surface area contributed by atoms with Gasteiger partial charge in [0.1, 0.15) is 6.10 Å². The smallest absolute Gasteiger partial charge is 0.337 e. The molecular weight excluding hydrogens is 196 g/mol. The molecule has 0 fully saturated rings. The van der Waals surface area contributed by atoms with Crippen molar-refractivity contribution in [2.24, 2.45) is 0 Å². The Labute approximate surface area is 90.2 Å². The molecule has 0 aliphatic rings. The second-order valence-electron chi connectivity index (χ2n) is 3.27. The van der Waals surface area contributed by atoms with Gasteiger partial charge in [0.25, 0.3) is 0 Å². The Bertz CT molecular complexity index is 245. The molecule has 0 heterocycles. The zero-order chi connectivity index (χ0) is 11.8. The molecule has 0 aromatic carbocycles. The van der Waals surface area contributed by atoms with E-state index < -0.39 is 18.0 Å². The first-order valence-corrected chi connectivity index (χ1v) is 5.02. The number of carbonyl (C=O) groups is 2. The van der Waals surface area contributed by atoms with Crippen LogP contribution in [0.3, 0.4) is 0 Å². The molecule has 0 spiro atoms. The van der Waals surface area contributed by atoms with Gasteiger partial charge >= 0.3 is 11.9 Å². The maximum Gasteiger partial charge on any atom is 0.337 e. The summed E-state index contributed by atoms with van der Waals surface area (Å²) in [5.41, 5.74) is 0.168. The van der Waals surface area contributed by atoms with Crippen LogP contribution in [-0.2, 0) is 19.1 Å². The van der Waals surface area contributed by atoms with Crippen molar-refractivity contribution in [3.05, 3.63) is 12.2 Å². The normalized spacial score (nSPS) is 11.7. The molecule has 0 aliphatic carbocycles. The van der Waals surface area contributed by atoms with Crippen LogP contribution < -0.4 is 0 Å².